The van der Waals surface area contributed by atoms with Gasteiger partial charge < -0.3 is 20.7 Å². The molecule has 2 aromatic heterocycles. The molecule has 4 rings (SSSR count). The molecule has 0 unspecified atom stereocenters. The van der Waals surface area contributed by atoms with Gasteiger partial charge in [-0.15, -0.1) is 0 Å². The van der Waals surface area contributed by atoms with Crippen LogP contribution in [0.3, 0.4) is 0 Å². The predicted octanol–water partition coefficient (Wildman–Crippen LogP) is 0.546. The zero-order valence-electron chi connectivity index (χ0n) is 17.6. The summed E-state index contributed by atoms with van der Waals surface area (Å²) in [5.41, 5.74) is 8.66. The van der Waals surface area contributed by atoms with Crippen LogP contribution < -0.4 is 16.6 Å². The monoisotopic (exact) mass is 420 g/mol. The molecule has 2 amide bonds. The molecular weight excluding hydrogens is 395 g/mol. The molecule has 31 heavy (non-hydrogen) atoms. The van der Waals surface area contributed by atoms with E-state index in [-0.39, 0.29) is 30.2 Å². The Kier molecular flexibility index (Phi) is 5.79. The van der Waals surface area contributed by atoms with Crippen molar-refractivity contribution in [2.45, 2.75) is 26.0 Å². The minimum atomic E-state index is -0.580. The van der Waals surface area contributed by atoms with Crippen LogP contribution in [0.4, 0.5) is 10.5 Å². The first kappa shape index (κ1) is 20.7. The molecule has 10 heteroatoms. The Morgan fingerprint density at radius 3 is 2.77 bits per heavy atom. The summed E-state index contributed by atoms with van der Waals surface area (Å²) in [6.07, 6.45) is 3.74. The first-order valence-corrected chi connectivity index (χ1v) is 10.3. The number of rotatable bonds is 6. The summed E-state index contributed by atoms with van der Waals surface area (Å²) in [6, 6.07) is 9.51. The van der Waals surface area contributed by atoms with Gasteiger partial charge in [-0.1, -0.05) is 37.3 Å². The fourth-order valence-corrected chi connectivity index (χ4v) is 3.97. The Morgan fingerprint density at radius 2 is 2.06 bits per heavy atom. The predicted molar refractivity (Wildman–Crippen MR) is 119 cm³/mol. The van der Waals surface area contributed by atoms with Crippen LogP contribution in [0.25, 0.3) is 5.65 Å². The van der Waals surface area contributed by atoms with Gasteiger partial charge in [0.15, 0.2) is 13.5 Å². The van der Waals surface area contributed by atoms with Gasteiger partial charge in [-0.3, -0.25) is 4.79 Å². The van der Waals surface area contributed by atoms with Crippen molar-refractivity contribution in [3.63, 3.8) is 0 Å². The molecule has 0 aliphatic carbocycles. The van der Waals surface area contributed by atoms with Crippen molar-refractivity contribution in [3.8, 4) is 0 Å². The molecule has 2 atom stereocenters. The van der Waals surface area contributed by atoms with Gasteiger partial charge in [0.2, 0.25) is 0 Å². The molecule has 0 radical (unpaired) electrons. The quantitative estimate of drug-likeness (QED) is 0.563. The number of anilines is 1. The number of carbonyl (C=O) groups is 2. The lowest BCUT2D eigenvalue weighted by molar-refractivity contribution is 0.0998. The standard InChI is InChI=1S/C21H25BN6O3/c1-2-14-9-27(21(30)31-12-13-6-4-3-5-7-13)10-16(14)25-18-15(19(23)29)8-24-28-11-17(22)26-20(18)28/h3-8,11,14,16,25H,2,9-10,12,22H2,1H3,(H2,23,29)/t14-,16+/m0/s1. The van der Waals surface area contributed by atoms with E-state index in [1.54, 1.807) is 15.6 Å². The van der Waals surface area contributed by atoms with Gasteiger partial charge in [0.05, 0.1) is 17.4 Å². The van der Waals surface area contributed by atoms with Gasteiger partial charge in [0, 0.05) is 30.9 Å². The molecular formula is C21H25BN6O3. The Bertz CT molecular complexity index is 1100. The summed E-state index contributed by atoms with van der Waals surface area (Å²) in [4.78, 5) is 30.8. The van der Waals surface area contributed by atoms with Gasteiger partial charge in [-0.25, -0.2) is 14.3 Å². The van der Waals surface area contributed by atoms with Crippen molar-refractivity contribution in [2.24, 2.45) is 11.7 Å². The average molecular weight is 420 g/mol. The van der Waals surface area contributed by atoms with Crippen LogP contribution in [-0.4, -0.2) is 58.5 Å². The van der Waals surface area contributed by atoms with Gasteiger partial charge in [-0.2, -0.15) is 5.10 Å². The molecule has 3 N–H and O–H groups in total. The van der Waals surface area contributed by atoms with Crippen LogP contribution in [0.15, 0.2) is 42.7 Å². The molecule has 3 heterocycles. The van der Waals surface area contributed by atoms with Crippen molar-refractivity contribution in [1.29, 1.82) is 0 Å². The summed E-state index contributed by atoms with van der Waals surface area (Å²) in [6.45, 7) is 3.34. The number of hydrogen-bond acceptors (Lipinski definition) is 6. The molecule has 160 valence electrons. The third-order valence-corrected chi connectivity index (χ3v) is 5.64. The van der Waals surface area contributed by atoms with Crippen LogP contribution in [0.1, 0.15) is 29.3 Å². The van der Waals surface area contributed by atoms with Crippen molar-refractivity contribution in [1.82, 2.24) is 19.5 Å². The summed E-state index contributed by atoms with van der Waals surface area (Å²) in [5, 5.41) is 7.66. The highest BCUT2D eigenvalue weighted by molar-refractivity contribution is 6.30. The van der Waals surface area contributed by atoms with Crippen LogP contribution in [0.2, 0.25) is 0 Å². The van der Waals surface area contributed by atoms with Gasteiger partial charge in [0.25, 0.3) is 5.91 Å². The van der Waals surface area contributed by atoms with E-state index in [1.807, 2.05) is 38.2 Å². The third kappa shape index (κ3) is 4.33. The minimum absolute atomic E-state index is 0.0735. The number of nitrogens with zero attached hydrogens (tertiary/aromatic N) is 4. The van der Waals surface area contributed by atoms with Gasteiger partial charge >= 0.3 is 6.09 Å². The molecule has 1 aromatic carbocycles. The van der Waals surface area contributed by atoms with Crippen LogP contribution in [0, 0.1) is 5.92 Å². The molecule has 0 bridgehead atoms. The number of fused-ring (bicyclic) bond motifs is 1. The van der Waals surface area contributed by atoms with E-state index in [2.05, 4.69) is 22.3 Å². The zero-order valence-corrected chi connectivity index (χ0v) is 17.6. The van der Waals surface area contributed by atoms with E-state index in [0.29, 0.717) is 24.4 Å². The van der Waals surface area contributed by atoms with E-state index < -0.39 is 5.91 Å². The SMILES string of the molecule is Bc1cn2ncc(C(N)=O)c(N[C@@H]3CN(C(=O)OCc4ccccc4)C[C@@H]3CC)c2n1. The largest absolute Gasteiger partial charge is 0.445 e. The number of imidazole rings is 1. The number of amides is 2. The highest BCUT2D eigenvalue weighted by Gasteiger charge is 2.36. The van der Waals surface area contributed by atoms with E-state index in [4.69, 9.17) is 10.5 Å². The Hall–Kier alpha value is -3.56. The number of benzene rings is 1. The van der Waals surface area contributed by atoms with Crippen molar-refractivity contribution >= 4 is 36.8 Å². The summed E-state index contributed by atoms with van der Waals surface area (Å²) < 4.78 is 7.11. The van der Waals surface area contributed by atoms with Crippen LogP contribution in [0.5, 0.6) is 0 Å². The fourth-order valence-electron chi connectivity index (χ4n) is 3.97. The number of carbonyl (C=O) groups excluding carboxylic acids is 2. The summed E-state index contributed by atoms with van der Waals surface area (Å²) in [5.74, 6) is -0.391. The number of nitrogens with two attached hydrogens (primary N) is 1. The zero-order chi connectivity index (χ0) is 22.0. The van der Waals surface area contributed by atoms with Crippen molar-refractivity contribution < 1.29 is 14.3 Å². The first-order valence-electron chi connectivity index (χ1n) is 10.3. The maximum Gasteiger partial charge on any atom is 0.410 e. The number of aromatic nitrogens is 3. The molecule has 1 saturated heterocycles. The molecule has 3 aromatic rings. The topological polar surface area (TPSA) is 115 Å². The van der Waals surface area contributed by atoms with Crippen LogP contribution in [-0.2, 0) is 11.3 Å². The van der Waals surface area contributed by atoms with E-state index in [9.17, 15) is 9.59 Å². The van der Waals surface area contributed by atoms with Gasteiger partial charge in [0.1, 0.15) is 6.61 Å². The van der Waals surface area contributed by atoms with Crippen LogP contribution >= 0.6 is 0 Å². The molecule has 0 spiro atoms. The Labute approximate surface area is 181 Å². The Balaban J connectivity index is 1.51. The highest BCUT2D eigenvalue weighted by Crippen LogP contribution is 2.28. The number of nitrogens with one attached hydrogen (secondary N) is 1. The smallest absolute Gasteiger partial charge is 0.410 e. The van der Waals surface area contributed by atoms with Gasteiger partial charge in [-0.05, 0) is 17.9 Å². The number of ether oxygens (including phenoxy) is 1. The second-order valence-electron chi connectivity index (χ2n) is 7.81. The summed E-state index contributed by atoms with van der Waals surface area (Å²) in [7, 11) is 1.86. The second kappa shape index (κ2) is 8.67. The van der Waals surface area contributed by atoms with E-state index >= 15 is 0 Å². The third-order valence-electron chi connectivity index (χ3n) is 5.64. The first-order chi connectivity index (χ1) is 15.0. The van der Waals surface area contributed by atoms with E-state index in [1.165, 1.54) is 6.20 Å². The summed E-state index contributed by atoms with van der Waals surface area (Å²) >= 11 is 0. The van der Waals surface area contributed by atoms with Crippen molar-refractivity contribution in [3.05, 3.63) is 53.9 Å². The molecule has 1 fully saturated rings. The van der Waals surface area contributed by atoms with E-state index in [0.717, 1.165) is 17.6 Å². The highest BCUT2D eigenvalue weighted by atomic mass is 16.6. The van der Waals surface area contributed by atoms with Crippen molar-refractivity contribution in [2.75, 3.05) is 18.4 Å². The number of hydrogen-bond donors (Lipinski definition) is 2. The molecule has 0 saturated carbocycles. The molecule has 1 aliphatic heterocycles. The Morgan fingerprint density at radius 1 is 1.29 bits per heavy atom. The fraction of sp³-hybridized carbons (Fsp3) is 0.333. The number of likely N-dealkylation sites (tertiary alicyclic amines) is 1. The lowest BCUT2D eigenvalue weighted by Crippen LogP contribution is -2.33. The maximum absolute atomic E-state index is 12.6. The molecule has 1 aliphatic rings. The normalized spacial score (nSPS) is 18.3. The maximum atomic E-state index is 12.6. The number of primary amides is 1. The second-order valence-corrected chi connectivity index (χ2v) is 7.81. The minimum Gasteiger partial charge on any atom is -0.445 e. The lowest BCUT2D eigenvalue weighted by atomic mass is 10.0. The lowest BCUT2D eigenvalue weighted by Gasteiger charge is -2.21. The average Bonchev–Trinajstić information content (AvgIpc) is 3.35. The molecule has 9 nitrogen and oxygen atoms in total.